The molecule has 0 aliphatic rings. The van der Waals surface area contributed by atoms with E-state index < -0.39 is 11.9 Å². The molecule has 0 saturated heterocycles. The zero-order chi connectivity index (χ0) is 23.8. The molecule has 0 fully saturated rings. The van der Waals surface area contributed by atoms with Crippen LogP contribution in [0.15, 0.2) is 72.3 Å². The number of carbonyl (C=O) groups excluding carboxylic acids is 1. The summed E-state index contributed by atoms with van der Waals surface area (Å²) < 4.78 is 24.1. The summed E-state index contributed by atoms with van der Waals surface area (Å²) in [4.78, 5) is 23.6. The van der Waals surface area contributed by atoms with E-state index in [9.17, 15) is 19.2 Å². The van der Waals surface area contributed by atoms with E-state index in [1.54, 1.807) is 30.3 Å². The Morgan fingerprint density at radius 1 is 1.09 bits per heavy atom. The molecule has 0 bridgehead atoms. The van der Waals surface area contributed by atoms with Crippen LogP contribution < -0.4 is 14.8 Å². The topological polar surface area (TPSA) is 109 Å². The van der Waals surface area contributed by atoms with Crippen molar-refractivity contribution < 1.29 is 28.6 Å². The van der Waals surface area contributed by atoms with Gasteiger partial charge in [0.1, 0.15) is 24.1 Å². The van der Waals surface area contributed by atoms with E-state index in [4.69, 9.17) is 14.6 Å². The van der Waals surface area contributed by atoms with Crippen molar-refractivity contribution in [2.75, 3.05) is 12.4 Å². The second-order valence-corrected chi connectivity index (χ2v) is 6.84. The molecule has 8 heteroatoms. The number of nitrogens with zero attached hydrogens (tertiary/aromatic N) is 1. The number of nitrogens with one attached hydrogen (secondary N) is 1. The number of amides is 1. The molecule has 0 spiro atoms. The quantitative estimate of drug-likeness (QED) is 0.385. The molecule has 0 heterocycles. The van der Waals surface area contributed by atoms with Gasteiger partial charge in [0, 0.05) is 5.69 Å². The van der Waals surface area contributed by atoms with Gasteiger partial charge >= 0.3 is 5.97 Å². The van der Waals surface area contributed by atoms with E-state index in [0.29, 0.717) is 17.1 Å². The SMILES string of the molecule is COc1cc(/C=C(\C#N)C(=O)Nc2cccc(C(=O)O)c2)ccc1OCc1ccc(F)cc1. The fourth-order valence-electron chi connectivity index (χ4n) is 2.88. The Kier molecular flexibility index (Phi) is 7.39. The summed E-state index contributed by atoms with van der Waals surface area (Å²) in [6.45, 7) is 0.201. The highest BCUT2D eigenvalue weighted by Gasteiger charge is 2.12. The highest BCUT2D eigenvalue weighted by Crippen LogP contribution is 2.30. The number of carboxylic acid groups (broad SMARTS) is 1. The first kappa shape index (κ1) is 23.0. The minimum atomic E-state index is -1.13. The highest BCUT2D eigenvalue weighted by molar-refractivity contribution is 6.10. The van der Waals surface area contributed by atoms with Crippen LogP contribution in [-0.4, -0.2) is 24.1 Å². The number of halogens is 1. The Hall–Kier alpha value is -4.64. The van der Waals surface area contributed by atoms with Crippen LogP contribution in [0.3, 0.4) is 0 Å². The van der Waals surface area contributed by atoms with Crippen LogP contribution in [0.1, 0.15) is 21.5 Å². The predicted octanol–water partition coefficient (Wildman–Crippen LogP) is 4.66. The normalized spacial score (nSPS) is 10.8. The molecule has 0 aliphatic carbocycles. The number of ether oxygens (including phenoxy) is 2. The van der Waals surface area contributed by atoms with Crippen molar-refractivity contribution in [1.29, 1.82) is 5.26 Å². The Bertz CT molecular complexity index is 1250. The molecule has 3 aromatic carbocycles. The van der Waals surface area contributed by atoms with Crippen LogP contribution in [0, 0.1) is 17.1 Å². The zero-order valence-electron chi connectivity index (χ0n) is 17.5. The van der Waals surface area contributed by atoms with Gasteiger partial charge in [-0.3, -0.25) is 4.79 Å². The third-order valence-electron chi connectivity index (χ3n) is 4.54. The molecule has 166 valence electrons. The van der Waals surface area contributed by atoms with Crippen LogP contribution in [0.5, 0.6) is 11.5 Å². The number of rotatable bonds is 8. The summed E-state index contributed by atoms with van der Waals surface area (Å²) in [6.07, 6.45) is 1.38. The first-order chi connectivity index (χ1) is 15.9. The molecule has 3 aromatic rings. The van der Waals surface area contributed by atoms with Crippen LogP contribution in [0.25, 0.3) is 6.08 Å². The van der Waals surface area contributed by atoms with Crippen molar-refractivity contribution in [2.45, 2.75) is 6.61 Å². The zero-order valence-corrected chi connectivity index (χ0v) is 17.5. The maximum atomic E-state index is 13.0. The molecule has 3 rings (SSSR count). The summed E-state index contributed by atoms with van der Waals surface area (Å²) in [7, 11) is 1.46. The summed E-state index contributed by atoms with van der Waals surface area (Å²) in [5.74, 6) is -1.32. The van der Waals surface area contributed by atoms with E-state index in [1.807, 2.05) is 6.07 Å². The van der Waals surface area contributed by atoms with Gasteiger partial charge in [0.15, 0.2) is 11.5 Å². The number of aromatic carboxylic acids is 1. The van der Waals surface area contributed by atoms with Crippen LogP contribution in [-0.2, 0) is 11.4 Å². The van der Waals surface area contributed by atoms with Crippen LogP contribution >= 0.6 is 0 Å². The number of carbonyl (C=O) groups is 2. The van der Waals surface area contributed by atoms with E-state index in [-0.39, 0.29) is 29.2 Å². The van der Waals surface area contributed by atoms with Crippen LogP contribution in [0.4, 0.5) is 10.1 Å². The van der Waals surface area contributed by atoms with Gasteiger partial charge in [-0.2, -0.15) is 5.26 Å². The average Bonchev–Trinajstić information content (AvgIpc) is 2.82. The molecule has 0 radical (unpaired) electrons. The lowest BCUT2D eigenvalue weighted by atomic mass is 10.1. The van der Waals surface area contributed by atoms with E-state index in [1.165, 1.54) is 49.6 Å². The maximum absolute atomic E-state index is 13.0. The highest BCUT2D eigenvalue weighted by atomic mass is 19.1. The van der Waals surface area contributed by atoms with Gasteiger partial charge in [-0.05, 0) is 59.7 Å². The largest absolute Gasteiger partial charge is 0.493 e. The maximum Gasteiger partial charge on any atom is 0.335 e. The van der Waals surface area contributed by atoms with Crippen LogP contribution in [0.2, 0.25) is 0 Å². The Labute approximate surface area is 189 Å². The number of methoxy groups -OCH3 is 1. The summed E-state index contributed by atoms with van der Waals surface area (Å²) >= 11 is 0. The van der Waals surface area contributed by atoms with E-state index >= 15 is 0 Å². The van der Waals surface area contributed by atoms with Crippen molar-refractivity contribution in [3.8, 4) is 17.6 Å². The molecule has 33 heavy (non-hydrogen) atoms. The average molecular weight is 446 g/mol. The number of hydrogen-bond donors (Lipinski definition) is 2. The van der Waals surface area contributed by atoms with E-state index in [2.05, 4.69) is 5.32 Å². The lowest BCUT2D eigenvalue weighted by molar-refractivity contribution is -0.112. The second kappa shape index (κ2) is 10.6. The standard InChI is InChI=1S/C25H19FN2O5/c1-32-23-12-17(7-10-22(23)33-15-16-5-8-20(26)9-6-16)11-19(14-27)24(29)28-21-4-2-3-18(13-21)25(30)31/h2-13H,15H2,1H3,(H,28,29)(H,30,31)/b19-11+. The molecule has 0 aliphatic heterocycles. The first-order valence-electron chi connectivity index (χ1n) is 9.71. The van der Waals surface area contributed by atoms with E-state index in [0.717, 1.165) is 5.56 Å². The molecule has 0 saturated carbocycles. The first-order valence-corrected chi connectivity index (χ1v) is 9.71. The minimum Gasteiger partial charge on any atom is -0.493 e. The summed E-state index contributed by atoms with van der Waals surface area (Å²) in [5.41, 5.74) is 1.38. The summed E-state index contributed by atoms with van der Waals surface area (Å²) in [6, 6.07) is 18.4. The third-order valence-corrected chi connectivity index (χ3v) is 4.54. The smallest absolute Gasteiger partial charge is 0.335 e. The van der Waals surface area contributed by atoms with Crippen molar-refractivity contribution in [3.63, 3.8) is 0 Å². The lowest BCUT2D eigenvalue weighted by Gasteiger charge is -2.12. The fourth-order valence-corrected chi connectivity index (χ4v) is 2.88. The van der Waals surface area contributed by atoms with Gasteiger partial charge in [0.2, 0.25) is 0 Å². The molecule has 0 aromatic heterocycles. The van der Waals surface area contributed by atoms with Gasteiger partial charge < -0.3 is 19.9 Å². The molecule has 0 unspecified atom stereocenters. The molecule has 2 N–H and O–H groups in total. The lowest BCUT2D eigenvalue weighted by Crippen LogP contribution is -2.14. The molecule has 1 amide bonds. The molecule has 7 nitrogen and oxygen atoms in total. The predicted molar refractivity (Wildman–Crippen MR) is 119 cm³/mol. The Morgan fingerprint density at radius 2 is 1.85 bits per heavy atom. The second-order valence-electron chi connectivity index (χ2n) is 6.84. The molecular weight excluding hydrogens is 427 g/mol. The van der Waals surface area contributed by atoms with Gasteiger partial charge in [0.05, 0.1) is 12.7 Å². The third kappa shape index (κ3) is 6.18. The van der Waals surface area contributed by atoms with Gasteiger partial charge in [-0.25, -0.2) is 9.18 Å². The van der Waals surface area contributed by atoms with Crippen molar-refractivity contribution >= 4 is 23.6 Å². The number of hydrogen-bond acceptors (Lipinski definition) is 5. The van der Waals surface area contributed by atoms with Crippen molar-refractivity contribution in [2.24, 2.45) is 0 Å². The fraction of sp³-hybridized carbons (Fsp3) is 0.0800. The molecular formula is C25H19FN2O5. The van der Waals surface area contributed by atoms with Crippen molar-refractivity contribution in [3.05, 3.63) is 94.8 Å². The van der Waals surface area contributed by atoms with Gasteiger partial charge in [0.25, 0.3) is 5.91 Å². The Morgan fingerprint density at radius 3 is 2.52 bits per heavy atom. The summed E-state index contributed by atoms with van der Waals surface area (Å²) in [5, 5.41) is 21.0. The van der Waals surface area contributed by atoms with Crippen molar-refractivity contribution in [1.82, 2.24) is 0 Å². The number of anilines is 1. The number of benzene rings is 3. The molecule has 0 atom stereocenters. The number of carboxylic acids is 1. The minimum absolute atomic E-state index is 0.0104. The monoisotopic (exact) mass is 446 g/mol. The number of nitriles is 1. The Balaban J connectivity index is 1.75. The van der Waals surface area contributed by atoms with Gasteiger partial charge in [-0.1, -0.05) is 24.3 Å². The van der Waals surface area contributed by atoms with Gasteiger partial charge in [-0.15, -0.1) is 0 Å².